The van der Waals surface area contributed by atoms with E-state index in [4.69, 9.17) is 10.6 Å². The van der Waals surface area contributed by atoms with Crippen LogP contribution in [-0.4, -0.2) is 41.0 Å². The number of benzene rings is 1. The Balaban J connectivity index is 2.35. The molecule has 8 nitrogen and oxygen atoms in total. The summed E-state index contributed by atoms with van der Waals surface area (Å²) in [5.41, 5.74) is 1.81. The monoisotopic (exact) mass is 294 g/mol. The Bertz CT molecular complexity index is 573. The maximum Gasteiger partial charge on any atom is 0.294 e. The number of nitrogens with two attached hydrogens (primary N) is 1. The molecule has 1 aliphatic rings. The highest BCUT2D eigenvalue weighted by Gasteiger charge is 2.32. The average molecular weight is 294 g/mol. The van der Waals surface area contributed by atoms with Gasteiger partial charge in [0.05, 0.1) is 22.7 Å². The van der Waals surface area contributed by atoms with E-state index in [0.717, 1.165) is 0 Å². The lowest BCUT2D eigenvalue weighted by Gasteiger charge is -2.38. The van der Waals surface area contributed by atoms with Crippen molar-refractivity contribution in [3.63, 3.8) is 0 Å². The van der Waals surface area contributed by atoms with Crippen molar-refractivity contribution in [2.45, 2.75) is 19.4 Å². The van der Waals surface area contributed by atoms with Crippen molar-refractivity contribution in [3.05, 3.63) is 33.9 Å². The van der Waals surface area contributed by atoms with Crippen LogP contribution in [0.2, 0.25) is 0 Å². The smallest absolute Gasteiger partial charge is 0.294 e. The Kier molecular flexibility index (Phi) is 4.10. The predicted octanol–water partition coefficient (Wildman–Crippen LogP) is 1.13. The first-order valence-electron chi connectivity index (χ1n) is 6.53. The third kappa shape index (κ3) is 3.11. The second-order valence-electron chi connectivity index (χ2n) is 5.44. The van der Waals surface area contributed by atoms with Gasteiger partial charge in [-0.15, -0.1) is 0 Å². The first-order chi connectivity index (χ1) is 9.85. The van der Waals surface area contributed by atoms with Gasteiger partial charge in [-0.2, -0.15) is 0 Å². The third-order valence-corrected chi connectivity index (χ3v) is 3.33. The summed E-state index contributed by atoms with van der Waals surface area (Å²) < 4.78 is 5.56. The number of hydrazine groups is 1. The van der Waals surface area contributed by atoms with Gasteiger partial charge in [0.2, 0.25) is 0 Å². The molecule has 0 spiro atoms. The van der Waals surface area contributed by atoms with Gasteiger partial charge in [0.25, 0.3) is 11.6 Å². The van der Waals surface area contributed by atoms with Crippen LogP contribution in [0.1, 0.15) is 24.2 Å². The molecular weight excluding hydrogens is 276 g/mol. The molecule has 114 valence electrons. The number of para-hydroxylation sites is 1. The summed E-state index contributed by atoms with van der Waals surface area (Å²) in [5.74, 6) is 5.06. The zero-order valence-electron chi connectivity index (χ0n) is 12.0. The van der Waals surface area contributed by atoms with Crippen molar-refractivity contribution in [2.75, 3.05) is 25.1 Å². The largest absolute Gasteiger partial charge is 0.372 e. The molecule has 21 heavy (non-hydrogen) atoms. The number of morpholine rings is 1. The van der Waals surface area contributed by atoms with E-state index in [-0.39, 0.29) is 22.8 Å². The fourth-order valence-corrected chi connectivity index (χ4v) is 2.38. The molecule has 1 heterocycles. The molecule has 1 aromatic carbocycles. The van der Waals surface area contributed by atoms with Gasteiger partial charge in [0, 0.05) is 19.2 Å². The summed E-state index contributed by atoms with van der Waals surface area (Å²) in [7, 11) is 0. The van der Waals surface area contributed by atoms with Crippen LogP contribution < -0.4 is 11.3 Å². The number of carbonyl (C=O) groups excluding carboxylic acids is 1. The first kappa shape index (κ1) is 15.2. The number of nitrogens with one attached hydrogen (secondary N) is 1. The second kappa shape index (κ2) is 5.66. The molecule has 0 unspecified atom stereocenters. The Hall–Kier alpha value is -2.19. The van der Waals surface area contributed by atoms with Crippen LogP contribution in [-0.2, 0) is 4.74 Å². The second-order valence-corrected chi connectivity index (χ2v) is 5.44. The van der Waals surface area contributed by atoms with Gasteiger partial charge < -0.3 is 15.1 Å². The van der Waals surface area contributed by atoms with E-state index >= 15 is 0 Å². The quantitative estimate of drug-likeness (QED) is 0.491. The van der Waals surface area contributed by atoms with Gasteiger partial charge in [-0.05, 0) is 19.9 Å². The molecule has 0 aliphatic carbocycles. The highest BCUT2D eigenvalue weighted by molar-refractivity contribution is 6.01. The minimum atomic E-state index is -0.574. The molecule has 1 amide bonds. The Morgan fingerprint density at radius 1 is 1.52 bits per heavy atom. The van der Waals surface area contributed by atoms with Gasteiger partial charge in [0.1, 0.15) is 5.69 Å². The number of nitro benzene ring substituents is 1. The molecule has 0 atom stereocenters. The Morgan fingerprint density at radius 2 is 2.24 bits per heavy atom. The lowest BCUT2D eigenvalue weighted by Crippen LogP contribution is -2.50. The number of amides is 1. The number of rotatable bonds is 3. The fraction of sp³-hybridized carbons (Fsp3) is 0.462. The summed E-state index contributed by atoms with van der Waals surface area (Å²) in [4.78, 5) is 24.6. The van der Waals surface area contributed by atoms with Crippen molar-refractivity contribution < 1.29 is 14.5 Å². The number of hydrogen-bond donors (Lipinski definition) is 2. The number of carbonyl (C=O) groups is 1. The molecule has 0 aromatic heterocycles. The van der Waals surface area contributed by atoms with E-state index in [1.807, 2.05) is 13.8 Å². The lowest BCUT2D eigenvalue weighted by atomic mass is 10.1. The van der Waals surface area contributed by atoms with Gasteiger partial charge in [-0.3, -0.25) is 20.8 Å². The van der Waals surface area contributed by atoms with Gasteiger partial charge in [-0.1, -0.05) is 6.07 Å². The third-order valence-electron chi connectivity index (χ3n) is 3.33. The number of ether oxygens (including phenoxy) is 1. The minimum absolute atomic E-state index is 0.0248. The van der Waals surface area contributed by atoms with E-state index in [0.29, 0.717) is 19.7 Å². The van der Waals surface area contributed by atoms with E-state index in [2.05, 4.69) is 5.43 Å². The first-order valence-corrected chi connectivity index (χ1v) is 6.53. The number of nitrogens with zero attached hydrogens (tertiary/aromatic N) is 2. The number of nitro groups is 1. The summed E-state index contributed by atoms with van der Waals surface area (Å²) in [6, 6.07) is 4.29. The average Bonchev–Trinajstić information content (AvgIpc) is 2.44. The highest BCUT2D eigenvalue weighted by atomic mass is 16.6. The molecule has 1 aromatic rings. The van der Waals surface area contributed by atoms with Crippen molar-refractivity contribution in [1.82, 2.24) is 4.90 Å². The summed E-state index contributed by atoms with van der Waals surface area (Å²) in [5, 5.41) is 11.0. The maximum atomic E-state index is 12.6. The van der Waals surface area contributed by atoms with Gasteiger partial charge >= 0.3 is 0 Å². The highest BCUT2D eigenvalue weighted by Crippen LogP contribution is 2.29. The summed E-state index contributed by atoms with van der Waals surface area (Å²) in [6.07, 6.45) is 0. The summed E-state index contributed by atoms with van der Waals surface area (Å²) >= 11 is 0. The lowest BCUT2D eigenvalue weighted by molar-refractivity contribution is -0.384. The molecule has 0 radical (unpaired) electrons. The van der Waals surface area contributed by atoms with Crippen LogP contribution in [0.5, 0.6) is 0 Å². The number of anilines is 1. The van der Waals surface area contributed by atoms with E-state index in [1.165, 1.54) is 18.2 Å². The molecule has 0 bridgehead atoms. The molecule has 3 N–H and O–H groups in total. The van der Waals surface area contributed by atoms with Crippen LogP contribution in [0.15, 0.2) is 18.2 Å². The topological polar surface area (TPSA) is 111 Å². The standard InChI is InChI=1S/C13H18N4O4/c1-13(2)8-16(6-7-21-13)12(18)9-4-3-5-10(17(19)20)11(9)15-14/h3-5,15H,6-8,14H2,1-2H3. The Morgan fingerprint density at radius 3 is 2.81 bits per heavy atom. The van der Waals surface area contributed by atoms with Crippen molar-refractivity contribution in [3.8, 4) is 0 Å². The van der Waals surface area contributed by atoms with Crippen LogP contribution >= 0.6 is 0 Å². The number of nitrogen functional groups attached to an aromatic ring is 1. The number of hydrogen-bond acceptors (Lipinski definition) is 6. The van der Waals surface area contributed by atoms with Gasteiger partial charge in [-0.25, -0.2) is 0 Å². The SMILES string of the molecule is CC1(C)CN(C(=O)c2cccc([N+](=O)[O-])c2NN)CCO1. The van der Waals surface area contributed by atoms with Crippen molar-refractivity contribution >= 4 is 17.3 Å². The van der Waals surface area contributed by atoms with Crippen LogP contribution in [0.4, 0.5) is 11.4 Å². The van der Waals surface area contributed by atoms with Crippen LogP contribution in [0.25, 0.3) is 0 Å². The fourth-order valence-electron chi connectivity index (χ4n) is 2.38. The van der Waals surface area contributed by atoms with Crippen molar-refractivity contribution in [2.24, 2.45) is 5.84 Å². The van der Waals surface area contributed by atoms with Gasteiger partial charge in [0.15, 0.2) is 0 Å². The molecule has 2 rings (SSSR count). The molecule has 1 saturated heterocycles. The zero-order valence-corrected chi connectivity index (χ0v) is 12.0. The van der Waals surface area contributed by atoms with E-state index in [1.54, 1.807) is 4.90 Å². The van der Waals surface area contributed by atoms with E-state index in [9.17, 15) is 14.9 Å². The maximum absolute atomic E-state index is 12.6. The predicted molar refractivity (Wildman–Crippen MR) is 76.8 cm³/mol. The van der Waals surface area contributed by atoms with E-state index < -0.39 is 10.5 Å². The molecule has 0 saturated carbocycles. The molecule has 8 heteroatoms. The van der Waals surface area contributed by atoms with Crippen LogP contribution in [0, 0.1) is 10.1 Å². The van der Waals surface area contributed by atoms with Crippen LogP contribution in [0.3, 0.4) is 0 Å². The van der Waals surface area contributed by atoms with Crippen molar-refractivity contribution in [1.29, 1.82) is 0 Å². The Labute approximate surface area is 122 Å². The molecule has 1 aliphatic heterocycles. The minimum Gasteiger partial charge on any atom is -0.372 e. The molecule has 1 fully saturated rings. The molecular formula is C13H18N4O4. The normalized spacial score (nSPS) is 17.4. The zero-order chi connectivity index (χ0) is 15.6. The summed E-state index contributed by atoms with van der Waals surface area (Å²) in [6.45, 7) is 5.07.